The van der Waals surface area contributed by atoms with E-state index in [2.05, 4.69) is 33.4 Å². The summed E-state index contributed by atoms with van der Waals surface area (Å²) in [7, 11) is 2.00. The van der Waals surface area contributed by atoms with Crippen molar-refractivity contribution >= 4 is 27.3 Å². The molecule has 78 valence electrons. The van der Waals surface area contributed by atoms with Crippen LogP contribution >= 0.6 is 27.3 Å². The number of halogens is 1. The van der Waals surface area contributed by atoms with Gasteiger partial charge in [-0.25, -0.2) is 0 Å². The molecule has 1 aliphatic heterocycles. The molecule has 1 saturated heterocycles. The molecule has 0 atom stereocenters. The number of ether oxygens (including phenoxy) is 1. The van der Waals surface area contributed by atoms with Crippen LogP contribution < -0.4 is 5.32 Å². The van der Waals surface area contributed by atoms with Crippen LogP contribution in [0, 0.1) is 0 Å². The van der Waals surface area contributed by atoms with Crippen molar-refractivity contribution in [3.05, 3.63) is 20.8 Å². The lowest BCUT2D eigenvalue weighted by atomic mass is 9.81. The van der Waals surface area contributed by atoms with Crippen molar-refractivity contribution < 1.29 is 4.74 Å². The second-order valence-electron chi connectivity index (χ2n) is 3.73. The average Bonchev–Trinajstić information content (AvgIpc) is 2.51. The second-order valence-corrected chi connectivity index (χ2v) is 6.19. The minimum atomic E-state index is 0.291. The molecule has 0 spiro atoms. The molecule has 0 unspecified atom stereocenters. The molecule has 0 aromatic carbocycles. The van der Waals surface area contributed by atoms with Gasteiger partial charge in [-0.15, -0.1) is 11.3 Å². The zero-order valence-corrected chi connectivity index (χ0v) is 10.6. The summed E-state index contributed by atoms with van der Waals surface area (Å²) in [5, 5.41) is 3.21. The summed E-state index contributed by atoms with van der Waals surface area (Å²) in [6, 6.07) is 4.34. The standard InChI is InChI=1S/C10H14BrNOS/c1-12-5-4-10(6-13-7-10)8-2-3-9(11)14-8/h2-3,12H,4-7H2,1H3. The molecule has 1 fully saturated rings. The molecule has 0 bridgehead atoms. The summed E-state index contributed by atoms with van der Waals surface area (Å²) >= 11 is 5.34. The van der Waals surface area contributed by atoms with E-state index >= 15 is 0 Å². The predicted octanol–water partition coefficient (Wildman–Crippen LogP) is 2.39. The second kappa shape index (κ2) is 4.31. The van der Waals surface area contributed by atoms with Crippen LogP contribution in [0.25, 0.3) is 0 Å². The Balaban J connectivity index is 2.11. The summed E-state index contributed by atoms with van der Waals surface area (Å²) in [6.07, 6.45) is 1.16. The molecule has 1 aromatic heterocycles. The molecular weight excluding hydrogens is 262 g/mol. The molecule has 0 aliphatic carbocycles. The fourth-order valence-corrected chi connectivity index (χ4v) is 3.30. The number of rotatable bonds is 4. The van der Waals surface area contributed by atoms with Crippen LogP contribution in [0.1, 0.15) is 11.3 Å². The van der Waals surface area contributed by atoms with Gasteiger partial charge < -0.3 is 10.1 Å². The molecule has 0 radical (unpaired) electrons. The molecule has 4 heteroatoms. The van der Waals surface area contributed by atoms with Gasteiger partial charge in [0.05, 0.1) is 22.4 Å². The molecule has 1 aliphatic rings. The highest BCUT2D eigenvalue weighted by Crippen LogP contribution is 2.40. The van der Waals surface area contributed by atoms with Gasteiger partial charge in [-0.1, -0.05) is 0 Å². The summed E-state index contributed by atoms with van der Waals surface area (Å²) in [5.74, 6) is 0. The summed E-state index contributed by atoms with van der Waals surface area (Å²) in [4.78, 5) is 1.45. The Kier molecular flexibility index (Phi) is 3.27. The van der Waals surface area contributed by atoms with Crippen LogP contribution in [0.3, 0.4) is 0 Å². The Hall–Kier alpha value is 0.1000. The van der Waals surface area contributed by atoms with Crippen molar-refractivity contribution in [1.82, 2.24) is 5.32 Å². The lowest BCUT2D eigenvalue weighted by Gasteiger charge is -2.41. The number of hydrogen-bond donors (Lipinski definition) is 1. The molecule has 0 amide bonds. The minimum Gasteiger partial charge on any atom is -0.379 e. The van der Waals surface area contributed by atoms with Gasteiger partial charge in [-0.3, -0.25) is 0 Å². The van der Waals surface area contributed by atoms with Crippen molar-refractivity contribution in [1.29, 1.82) is 0 Å². The van der Waals surface area contributed by atoms with Gasteiger partial charge in [0.25, 0.3) is 0 Å². The summed E-state index contributed by atoms with van der Waals surface area (Å²) in [6.45, 7) is 2.81. The van der Waals surface area contributed by atoms with Crippen molar-refractivity contribution in [3.63, 3.8) is 0 Å². The topological polar surface area (TPSA) is 21.3 Å². The highest BCUT2D eigenvalue weighted by atomic mass is 79.9. The fraction of sp³-hybridized carbons (Fsp3) is 0.600. The van der Waals surface area contributed by atoms with Gasteiger partial charge in [0, 0.05) is 4.88 Å². The number of hydrogen-bond acceptors (Lipinski definition) is 3. The molecular formula is C10H14BrNOS. The lowest BCUT2D eigenvalue weighted by Crippen LogP contribution is -2.47. The van der Waals surface area contributed by atoms with Gasteiger partial charge in [0.2, 0.25) is 0 Å². The van der Waals surface area contributed by atoms with E-state index < -0.39 is 0 Å². The van der Waals surface area contributed by atoms with Gasteiger partial charge in [0.1, 0.15) is 0 Å². The number of nitrogens with one attached hydrogen (secondary N) is 1. The highest BCUT2D eigenvalue weighted by Gasteiger charge is 2.40. The van der Waals surface area contributed by atoms with Gasteiger partial charge in [-0.2, -0.15) is 0 Å². The van der Waals surface area contributed by atoms with E-state index in [0.717, 1.165) is 26.2 Å². The SMILES string of the molecule is CNCCC1(c2ccc(Br)s2)COC1. The van der Waals surface area contributed by atoms with E-state index in [1.807, 2.05) is 18.4 Å². The van der Waals surface area contributed by atoms with E-state index in [1.54, 1.807) is 0 Å². The Morgan fingerprint density at radius 2 is 2.36 bits per heavy atom. The summed E-state index contributed by atoms with van der Waals surface area (Å²) in [5.41, 5.74) is 0.291. The first kappa shape index (κ1) is 10.6. The van der Waals surface area contributed by atoms with E-state index in [0.29, 0.717) is 5.41 Å². The van der Waals surface area contributed by atoms with Gasteiger partial charge in [-0.05, 0) is 48.1 Å². The summed E-state index contributed by atoms with van der Waals surface area (Å²) < 4.78 is 6.57. The number of thiophene rings is 1. The van der Waals surface area contributed by atoms with E-state index in [-0.39, 0.29) is 0 Å². The first-order valence-electron chi connectivity index (χ1n) is 4.75. The predicted molar refractivity (Wildman–Crippen MR) is 63.1 cm³/mol. The Bertz CT molecular complexity index is 309. The normalized spacial score (nSPS) is 19.3. The third kappa shape index (κ3) is 1.89. The minimum absolute atomic E-state index is 0.291. The van der Waals surface area contributed by atoms with E-state index in [1.165, 1.54) is 8.66 Å². The monoisotopic (exact) mass is 275 g/mol. The maximum Gasteiger partial charge on any atom is 0.0701 e. The molecule has 1 aromatic rings. The van der Waals surface area contributed by atoms with Crippen molar-refractivity contribution in [2.24, 2.45) is 0 Å². The third-order valence-electron chi connectivity index (χ3n) is 2.71. The Labute approximate surface area is 96.8 Å². The molecule has 2 nitrogen and oxygen atoms in total. The first-order chi connectivity index (χ1) is 6.77. The van der Waals surface area contributed by atoms with Gasteiger partial charge >= 0.3 is 0 Å². The van der Waals surface area contributed by atoms with Crippen LogP contribution in [-0.2, 0) is 10.2 Å². The zero-order valence-electron chi connectivity index (χ0n) is 8.18. The molecule has 14 heavy (non-hydrogen) atoms. The van der Waals surface area contributed by atoms with Crippen LogP contribution in [0.2, 0.25) is 0 Å². The maximum absolute atomic E-state index is 5.36. The van der Waals surface area contributed by atoms with Crippen LogP contribution in [0.5, 0.6) is 0 Å². The Morgan fingerprint density at radius 1 is 1.57 bits per heavy atom. The quantitative estimate of drug-likeness (QED) is 0.911. The van der Waals surface area contributed by atoms with Crippen molar-refractivity contribution in [3.8, 4) is 0 Å². The lowest BCUT2D eigenvalue weighted by molar-refractivity contribution is -0.0619. The maximum atomic E-state index is 5.36. The van der Waals surface area contributed by atoms with E-state index in [4.69, 9.17) is 4.74 Å². The van der Waals surface area contributed by atoms with Crippen LogP contribution in [0.4, 0.5) is 0 Å². The van der Waals surface area contributed by atoms with Crippen LogP contribution in [-0.4, -0.2) is 26.8 Å². The Morgan fingerprint density at radius 3 is 2.79 bits per heavy atom. The van der Waals surface area contributed by atoms with Crippen molar-refractivity contribution in [2.75, 3.05) is 26.8 Å². The van der Waals surface area contributed by atoms with E-state index in [9.17, 15) is 0 Å². The van der Waals surface area contributed by atoms with Crippen LogP contribution in [0.15, 0.2) is 15.9 Å². The highest BCUT2D eigenvalue weighted by molar-refractivity contribution is 9.11. The van der Waals surface area contributed by atoms with Gasteiger partial charge in [0.15, 0.2) is 0 Å². The molecule has 2 heterocycles. The smallest absolute Gasteiger partial charge is 0.0701 e. The molecule has 1 N–H and O–H groups in total. The average molecular weight is 276 g/mol. The molecule has 0 saturated carbocycles. The largest absolute Gasteiger partial charge is 0.379 e. The molecule has 2 rings (SSSR count). The zero-order chi connectivity index (χ0) is 10.0. The van der Waals surface area contributed by atoms with Crippen molar-refractivity contribution in [2.45, 2.75) is 11.8 Å². The first-order valence-corrected chi connectivity index (χ1v) is 6.36. The fourth-order valence-electron chi connectivity index (χ4n) is 1.72. The third-order valence-corrected chi connectivity index (χ3v) is 4.58.